The number of nitrogens with zero attached hydrogens (tertiary/aromatic N) is 2. The minimum absolute atomic E-state index is 0.0171. The lowest BCUT2D eigenvalue weighted by Crippen LogP contribution is -2.43. The van der Waals surface area contributed by atoms with Crippen molar-refractivity contribution in [3.8, 4) is 17.6 Å². The van der Waals surface area contributed by atoms with E-state index >= 15 is 0 Å². The van der Waals surface area contributed by atoms with Gasteiger partial charge in [-0.2, -0.15) is 0 Å². The molecule has 4 N–H and O–H groups in total. The van der Waals surface area contributed by atoms with Crippen LogP contribution in [0.25, 0.3) is 10.9 Å². The quantitative estimate of drug-likeness (QED) is 0.188. The second-order valence-corrected chi connectivity index (χ2v) is 13.3. The molecule has 1 saturated heterocycles. The molecule has 14 heteroatoms. The molecule has 0 saturated carbocycles. The fourth-order valence-electron chi connectivity index (χ4n) is 5.52. The van der Waals surface area contributed by atoms with Crippen molar-refractivity contribution in [3.05, 3.63) is 48.2 Å². The van der Waals surface area contributed by atoms with Crippen LogP contribution in [0.5, 0.6) is 5.75 Å². The van der Waals surface area contributed by atoms with Crippen LogP contribution in [0.3, 0.4) is 0 Å². The third-order valence-corrected chi connectivity index (χ3v) is 9.16. The highest BCUT2D eigenvalue weighted by molar-refractivity contribution is 7.90. The number of halogens is 2. The van der Waals surface area contributed by atoms with Crippen molar-refractivity contribution < 1.29 is 36.6 Å². The molecule has 0 bridgehead atoms. The first-order chi connectivity index (χ1) is 22.3. The third-order valence-electron chi connectivity index (χ3n) is 7.79. The Kier molecular flexibility index (Phi) is 12.1. The van der Waals surface area contributed by atoms with E-state index in [0.717, 1.165) is 43.9 Å². The van der Waals surface area contributed by atoms with Crippen LogP contribution in [0.4, 0.5) is 20.2 Å². The number of sulfonamides is 1. The summed E-state index contributed by atoms with van der Waals surface area (Å²) in [4.78, 5) is 13.7. The van der Waals surface area contributed by atoms with Gasteiger partial charge >= 0.3 is 0 Å². The van der Waals surface area contributed by atoms with Gasteiger partial charge in [-0.3, -0.25) is 4.79 Å². The third kappa shape index (κ3) is 9.80. The Hall–Kier alpha value is -3.90. The van der Waals surface area contributed by atoms with Crippen LogP contribution >= 0.6 is 0 Å². The highest BCUT2D eigenvalue weighted by Crippen LogP contribution is 2.31. The number of aliphatic hydroxyl groups excluding tert-OH is 1. The summed E-state index contributed by atoms with van der Waals surface area (Å²) >= 11 is 0. The zero-order valence-electron chi connectivity index (χ0n) is 27.1. The number of ether oxygens (including phenoxy) is 2. The number of anilines is 2. The lowest BCUT2D eigenvalue weighted by molar-refractivity contribution is -0.119. The number of piperidine rings is 1. The summed E-state index contributed by atoms with van der Waals surface area (Å²) < 4.78 is 67.6. The zero-order valence-corrected chi connectivity index (χ0v) is 27.9. The van der Waals surface area contributed by atoms with Crippen molar-refractivity contribution in [2.45, 2.75) is 62.6 Å². The molecular weight excluding hydrogens is 632 g/mol. The fourth-order valence-corrected chi connectivity index (χ4v) is 6.60. The van der Waals surface area contributed by atoms with Gasteiger partial charge in [0.2, 0.25) is 5.91 Å². The lowest BCUT2D eigenvalue weighted by Gasteiger charge is -2.34. The standard InChI is InChI=1S/C33H43F2N5O6S/c1-5-32(42)38-47(43,44)26-11-12-29(31(19-26)46-4)36-15-7-8-24-18-27-28(9-6-10-30(27)40(24)22-33(2,34)35)37-23-13-16-39(17-14-23)20-25(41)21-45-3/h6,9-12,18-19,23,25,36-37,41H,5,13-17,20-22H2,1-4H3,(H,38,42). The number of rotatable bonds is 14. The van der Waals surface area contributed by atoms with Crippen molar-refractivity contribution in [2.24, 2.45) is 0 Å². The van der Waals surface area contributed by atoms with E-state index in [1.54, 1.807) is 20.1 Å². The predicted octanol–water partition coefficient (Wildman–Crippen LogP) is 3.87. The Labute approximate surface area is 274 Å². The van der Waals surface area contributed by atoms with E-state index < -0.39 is 34.5 Å². The number of nitrogens with one attached hydrogen (secondary N) is 3. The number of methoxy groups -OCH3 is 2. The minimum atomic E-state index is -4.06. The molecule has 1 unspecified atom stereocenters. The van der Waals surface area contributed by atoms with Crippen molar-refractivity contribution >= 4 is 38.2 Å². The van der Waals surface area contributed by atoms with Crippen LogP contribution in [0.2, 0.25) is 0 Å². The lowest BCUT2D eigenvalue weighted by atomic mass is 10.0. The Balaban J connectivity index is 1.50. The molecule has 3 aromatic rings. The number of hydrogen-bond acceptors (Lipinski definition) is 9. The van der Waals surface area contributed by atoms with Gasteiger partial charge in [-0.05, 0) is 49.1 Å². The molecular formula is C33H43F2N5O6S. The molecule has 1 aliphatic rings. The van der Waals surface area contributed by atoms with Crippen molar-refractivity contribution in [2.75, 3.05) is 57.6 Å². The number of carbonyl (C=O) groups is 1. The number of fused-ring (bicyclic) bond motifs is 1. The average Bonchev–Trinajstić information content (AvgIpc) is 3.36. The van der Waals surface area contributed by atoms with Crippen molar-refractivity contribution in [1.82, 2.24) is 14.2 Å². The molecule has 11 nitrogen and oxygen atoms in total. The molecule has 0 spiro atoms. The fraction of sp³-hybridized carbons (Fsp3) is 0.485. The van der Waals surface area contributed by atoms with Gasteiger partial charge in [-0.25, -0.2) is 21.9 Å². The summed E-state index contributed by atoms with van der Waals surface area (Å²) in [5.41, 5.74) is 2.38. The zero-order chi connectivity index (χ0) is 34.2. The summed E-state index contributed by atoms with van der Waals surface area (Å²) in [5, 5.41) is 17.5. The SMILES string of the molecule is CCC(=O)NS(=O)(=O)c1ccc(NCC#Cc2cc3c(NC4CCN(CC(O)COC)CC4)cccc3n2CC(C)(F)F)c(OC)c1. The summed E-state index contributed by atoms with van der Waals surface area (Å²) in [7, 11) is -1.10. The maximum atomic E-state index is 14.3. The van der Waals surface area contributed by atoms with E-state index in [0.29, 0.717) is 30.0 Å². The first-order valence-electron chi connectivity index (χ1n) is 15.5. The van der Waals surface area contributed by atoms with Gasteiger partial charge in [-0.1, -0.05) is 18.9 Å². The molecule has 1 fully saturated rings. The second-order valence-electron chi connectivity index (χ2n) is 11.7. The number of alkyl halides is 2. The van der Waals surface area contributed by atoms with E-state index in [-0.39, 0.29) is 29.7 Å². The predicted molar refractivity (Wildman–Crippen MR) is 178 cm³/mol. The normalized spacial score (nSPS) is 15.1. The van der Waals surface area contributed by atoms with Crippen LogP contribution in [0.15, 0.2) is 47.4 Å². The number of β-amino-alcohol motifs (C(OH)–C–C–N with tert-alkyl or cyclic N) is 1. The van der Waals surface area contributed by atoms with E-state index in [4.69, 9.17) is 9.47 Å². The number of amides is 1. The maximum Gasteiger partial charge on any atom is 0.264 e. The number of benzene rings is 2. The molecule has 0 aliphatic carbocycles. The summed E-state index contributed by atoms with van der Waals surface area (Å²) in [6.07, 6.45) is 1.22. The molecule has 47 heavy (non-hydrogen) atoms. The first kappa shape index (κ1) is 35.9. The molecule has 1 atom stereocenters. The van der Waals surface area contributed by atoms with Gasteiger partial charge in [0, 0.05) is 63.3 Å². The summed E-state index contributed by atoms with van der Waals surface area (Å²) in [6, 6.07) is 11.7. The highest BCUT2D eigenvalue weighted by atomic mass is 32.2. The van der Waals surface area contributed by atoms with E-state index in [2.05, 4.69) is 27.4 Å². The van der Waals surface area contributed by atoms with Crippen LogP contribution in [0, 0.1) is 11.8 Å². The highest BCUT2D eigenvalue weighted by Gasteiger charge is 2.26. The van der Waals surface area contributed by atoms with Crippen molar-refractivity contribution in [1.29, 1.82) is 0 Å². The Bertz CT molecular complexity index is 1710. The molecule has 4 rings (SSSR count). The molecule has 256 valence electrons. The van der Waals surface area contributed by atoms with E-state index in [1.165, 1.54) is 29.9 Å². The number of carbonyl (C=O) groups excluding carboxylic acids is 1. The number of likely N-dealkylation sites (tertiary alicyclic amines) is 1. The maximum absolute atomic E-state index is 14.3. The number of hydrogen-bond donors (Lipinski definition) is 4. The van der Waals surface area contributed by atoms with Crippen LogP contribution in [0.1, 0.15) is 38.8 Å². The summed E-state index contributed by atoms with van der Waals surface area (Å²) in [5.74, 6) is 2.64. The number of aromatic nitrogens is 1. The van der Waals surface area contributed by atoms with Gasteiger partial charge < -0.3 is 34.7 Å². The molecule has 1 aromatic heterocycles. The molecule has 1 amide bonds. The second kappa shape index (κ2) is 15.8. The summed E-state index contributed by atoms with van der Waals surface area (Å²) in [6.45, 7) is 4.48. The molecule has 1 aliphatic heterocycles. The van der Waals surface area contributed by atoms with E-state index in [1.807, 2.05) is 22.9 Å². The topological polar surface area (TPSA) is 134 Å². The molecule has 2 heterocycles. The van der Waals surface area contributed by atoms with E-state index in [9.17, 15) is 27.1 Å². The Morgan fingerprint density at radius 2 is 1.89 bits per heavy atom. The van der Waals surface area contributed by atoms with Gasteiger partial charge in [0.25, 0.3) is 15.9 Å². The van der Waals surface area contributed by atoms with Crippen molar-refractivity contribution in [3.63, 3.8) is 0 Å². The first-order valence-corrected chi connectivity index (χ1v) is 16.9. The van der Waals surface area contributed by atoms with Crippen LogP contribution in [-0.4, -0.2) is 94.0 Å². The Morgan fingerprint density at radius 1 is 1.15 bits per heavy atom. The number of aliphatic hydroxyl groups is 1. The molecule has 0 radical (unpaired) electrons. The van der Waals surface area contributed by atoms with Gasteiger partial charge in [0.15, 0.2) is 0 Å². The monoisotopic (exact) mass is 675 g/mol. The van der Waals surface area contributed by atoms with Gasteiger partial charge in [0.1, 0.15) is 5.75 Å². The average molecular weight is 676 g/mol. The Morgan fingerprint density at radius 3 is 2.55 bits per heavy atom. The van der Waals surface area contributed by atoms with Gasteiger partial charge in [0.05, 0.1) is 54.7 Å². The largest absolute Gasteiger partial charge is 0.495 e. The van der Waals surface area contributed by atoms with Crippen LogP contribution < -0.4 is 20.1 Å². The molecule has 2 aromatic carbocycles. The smallest absolute Gasteiger partial charge is 0.264 e. The van der Waals surface area contributed by atoms with Crippen LogP contribution in [-0.2, 0) is 26.1 Å². The minimum Gasteiger partial charge on any atom is -0.495 e. The van der Waals surface area contributed by atoms with Gasteiger partial charge in [-0.15, -0.1) is 0 Å².